The highest BCUT2D eigenvalue weighted by molar-refractivity contribution is 7.90. The van der Waals surface area contributed by atoms with E-state index in [9.17, 15) is 8.42 Å². The smallest absolute Gasteiger partial charge is 0.215 e. The van der Waals surface area contributed by atoms with Crippen molar-refractivity contribution >= 4 is 10.0 Å². The molecule has 17 heavy (non-hydrogen) atoms. The minimum absolute atomic E-state index is 0.404. The minimum Gasteiger partial charge on any atom is -0.381 e. The molecule has 2 N–H and O–H groups in total. The lowest BCUT2D eigenvalue weighted by molar-refractivity contribution is 0.133. The van der Waals surface area contributed by atoms with E-state index in [1.807, 2.05) is 13.8 Å². The molecule has 1 unspecified atom stereocenters. The largest absolute Gasteiger partial charge is 0.381 e. The molecule has 0 rings (SSSR count). The predicted octanol–water partition coefficient (Wildman–Crippen LogP) is 0.721. The van der Waals surface area contributed by atoms with Crippen LogP contribution in [0.4, 0.5) is 0 Å². The number of nitrogens with one attached hydrogen (secondary N) is 2. The molecule has 0 aliphatic heterocycles. The molecule has 0 saturated heterocycles. The molecule has 1 atom stereocenters. The third-order valence-electron chi connectivity index (χ3n) is 2.33. The van der Waals surface area contributed by atoms with Crippen LogP contribution in [0.2, 0.25) is 0 Å². The van der Waals surface area contributed by atoms with Crippen LogP contribution in [0.25, 0.3) is 0 Å². The van der Waals surface area contributed by atoms with Gasteiger partial charge >= 0.3 is 0 Å². The third-order valence-corrected chi connectivity index (χ3v) is 4.16. The maximum Gasteiger partial charge on any atom is 0.215 e. The van der Waals surface area contributed by atoms with Gasteiger partial charge in [0.25, 0.3) is 0 Å². The van der Waals surface area contributed by atoms with Gasteiger partial charge in [0, 0.05) is 26.3 Å². The molecule has 104 valence electrons. The zero-order chi connectivity index (χ0) is 13.1. The molecule has 0 heterocycles. The van der Waals surface area contributed by atoms with Gasteiger partial charge in [-0.25, -0.2) is 13.1 Å². The number of rotatable bonds is 11. The number of hydrogen-bond acceptors (Lipinski definition) is 4. The number of ether oxygens (including phenoxy) is 1. The van der Waals surface area contributed by atoms with E-state index in [0.29, 0.717) is 26.1 Å². The van der Waals surface area contributed by atoms with Crippen LogP contribution in [0, 0.1) is 0 Å². The first-order chi connectivity index (χ1) is 8.04. The summed E-state index contributed by atoms with van der Waals surface area (Å²) < 4.78 is 31.3. The fourth-order valence-electron chi connectivity index (χ4n) is 1.23. The van der Waals surface area contributed by atoms with Crippen molar-refractivity contribution in [3.63, 3.8) is 0 Å². The van der Waals surface area contributed by atoms with Gasteiger partial charge in [0.15, 0.2) is 0 Å². The summed E-state index contributed by atoms with van der Waals surface area (Å²) in [5.41, 5.74) is 0. The summed E-state index contributed by atoms with van der Waals surface area (Å²) in [6.07, 6.45) is 1.71. The molecule has 0 aromatic carbocycles. The first-order valence-corrected chi connectivity index (χ1v) is 7.86. The van der Waals surface area contributed by atoms with Gasteiger partial charge < -0.3 is 10.1 Å². The van der Waals surface area contributed by atoms with Crippen molar-refractivity contribution in [2.75, 3.05) is 32.8 Å². The maximum absolute atomic E-state index is 11.7. The van der Waals surface area contributed by atoms with E-state index in [2.05, 4.69) is 10.0 Å². The Morgan fingerprint density at radius 2 is 1.94 bits per heavy atom. The topological polar surface area (TPSA) is 67.4 Å². The Morgan fingerprint density at radius 3 is 2.53 bits per heavy atom. The standard InChI is InChI=1S/C11H26N2O3S/c1-4-8-16-9-6-7-13-17(14,15)11(3)10-12-5-2/h11-13H,4-10H2,1-3H3. The summed E-state index contributed by atoms with van der Waals surface area (Å²) in [5.74, 6) is 0. The molecular formula is C11H26N2O3S. The van der Waals surface area contributed by atoms with Crippen molar-refractivity contribution in [1.82, 2.24) is 10.0 Å². The molecule has 0 bridgehead atoms. The van der Waals surface area contributed by atoms with Gasteiger partial charge in [0.05, 0.1) is 5.25 Å². The van der Waals surface area contributed by atoms with E-state index in [-0.39, 0.29) is 0 Å². The van der Waals surface area contributed by atoms with Crippen LogP contribution in [0.5, 0.6) is 0 Å². The Labute approximate surface area is 105 Å². The van der Waals surface area contributed by atoms with Crippen molar-refractivity contribution in [1.29, 1.82) is 0 Å². The number of hydrogen-bond donors (Lipinski definition) is 2. The molecule has 0 spiro atoms. The molecule has 0 amide bonds. The molecule has 0 aromatic rings. The van der Waals surface area contributed by atoms with Crippen molar-refractivity contribution in [2.45, 2.75) is 38.9 Å². The van der Waals surface area contributed by atoms with Crippen LogP contribution in [0.15, 0.2) is 0 Å². The molecule has 5 nitrogen and oxygen atoms in total. The molecule has 0 aliphatic rings. The monoisotopic (exact) mass is 266 g/mol. The van der Waals surface area contributed by atoms with Crippen LogP contribution in [0.3, 0.4) is 0 Å². The predicted molar refractivity (Wildman–Crippen MR) is 70.7 cm³/mol. The lowest BCUT2D eigenvalue weighted by atomic mass is 10.4. The average Bonchev–Trinajstić information content (AvgIpc) is 2.30. The van der Waals surface area contributed by atoms with Crippen LogP contribution in [-0.4, -0.2) is 46.5 Å². The Balaban J connectivity index is 3.70. The summed E-state index contributed by atoms with van der Waals surface area (Å²) in [6, 6.07) is 0. The highest BCUT2D eigenvalue weighted by Gasteiger charge is 2.18. The van der Waals surface area contributed by atoms with E-state index in [1.54, 1.807) is 6.92 Å². The van der Waals surface area contributed by atoms with Crippen molar-refractivity contribution in [2.24, 2.45) is 0 Å². The first kappa shape index (κ1) is 16.8. The fourth-order valence-corrected chi connectivity index (χ4v) is 2.29. The first-order valence-electron chi connectivity index (χ1n) is 6.31. The molecule has 0 aromatic heterocycles. The average molecular weight is 266 g/mol. The second-order valence-electron chi connectivity index (χ2n) is 4.02. The van der Waals surface area contributed by atoms with E-state index in [1.165, 1.54) is 0 Å². The third kappa shape index (κ3) is 8.54. The van der Waals surface area contributed by atoms with Gasteiger partial charge in [-0.1, -0.05) is 13.8 Å². The Kier molecular flexibility index (Phi) is 9.72. The normalized spacial score (nSPS) is 13.8. The van der Waals surface area contributed by atoms with Crippen LogP contribution >= 0.6 is 0 Å². The van der Waals surface area contributed by atoms with Gasteiger partial charge in [0.1, 0.15) is 0 Å². The quantitative estimate of drug-likeness (QED) is 0.541. The second-order valence-corrected chi connectivity index (χ2v) is 6.21. The van der Waals surface area contributed by atoms with Gasteiger partial charge in [-0.05, 0) is 26.3 Å². The SMILES string of the molecule is CCCOCCCNS(=O)(=O)C(C)CNCC. The maximum atomic E-state index is 11.7. The van der Waals surface area contributed by atoms with Gasteiger partial charge in [-0.2, -0.15) is 0 Å². The summed E-state index contributed by atoms with van der Waals surface area (Å²) >= 11 is 0. The molecule has 0 saturated carbocycles. The zero-order valence-corrected chi connectivity index (χ0v) is 12.0. The summed E-state index contributed by atoms with van der Waals surface area (Å²) in [4.78, 5) is 0. The summed E-state index contributed by atoms with van der Waals surface area (Å²) in [5, 5.41) is 2.62. The van der Waals surface area contributed by atoms with Crippen molar-refractivity contribution in [3.05, 3.63) is 0 Å². The van der Waals surface area contributed by atoms with Crippen LogP contribution in [-0.2, 0) is 14.8 Å². The highest BCUT2D eigenvalue weighted by atomic mass is 32.2. The Hall–Kier alpha value is -0.170. The van der Waals surface area contributed by atoms with Gasteiger partial charge in [-0.15, -0.1) is 0 Å². The van der Waals surface area contributed by atoms with Crippen molar-refractivity contribution < 1.29 is 13.2 Å². The van der Waals surface area contributed by atoms with Crippen molar-refractivity contribution in [3.8, 4) is 0 Å². The van der Waals surface area contributed by atoms with Crippen LogP contribution < -0.4 is 10.0 Å². The van der Waals surface area contributed by atoms with E-state index < -0.39 is 15.3 Å². The van der Waals surface area contributed by atoms with E-state index in [0.717, 1.165) is 19.6 Å². The zero-order valence-electron chi connectivity index (χ0n) is 11.2. The summed E-state index contributed by atoms with van der Waals surface area (Å²) in [7, 11) is -3.19. The van der Waals surface area contributed by atoms with Crippen LogP contribution in [0.1, 0.15) is 33.6 Å². The second kappa shape index (κ2) is 9.82. The Morgan fingerprint density at radius 1 is 1.24 bits per heavy atom. The minimum atomic E-state index is -3.19. The summed E-state index contributed by atoms with van der Waals surface area (Å²) in [6.45, 7) is 8.77. The van der Waals surface area contributed by atoms with Gasteiger partial charge in [-0.3, -0.25) is 0 Å². The fraction of sp³-hybridized carbons (Fsp3) is 1.00. The van der Waals surface area contributed by atoms with E-state index >= 15 is 0 Å². The Bertz CT molecular complexity index is 268. The molecule has 6 heteroatoms. The number of sulfonamides is 1. The molecule has 0 radical (unpaired) electrons. The lowest BCUT2D eigenvalue weighted by Gasteiger charge is -2.14. The van der Waals surface area contributed by atoms with E-state index in [4.69, 9.17) is 4.74 Å². The molecular weight excluding hydrogens is 240 g/mol. The molecule has 0 fully saturated rings. The molecule has 0 aliphatic carbocycles. The highest BCUT2D eigenvalue weighted by Crippen LogP contribution is 1.97. The van der Waals surface area contributed by atoms with Gasteiger partial charge in [0.2, 0.25) is 10.0 Å². The lowest BCUT2D eigenvalue weighted by Crippen LogP contribution is -2.39.